The van der Waals surface area contributed by atoms with Crippen LogP contribution in [-0.2, 0) is 4.74 Å². The van der Waals surface area contributed by atoms with Crippen molar-refractivity contribution in [3.05, 3.63) is 23.8 Å². The highest BCUT2D eigenvalue weighted by Gasteiger charge is 2.23. The monoisotopic (exact) mass is 320 g/mol. The maximum Gasteiger partial charge on any atom is 0.338 e. The van der Waals surface area contributed by atoms with E-state index in [9.17, 15) is 4.79 Å². The van der Waals surface area contributed by atoms with Crippen LogP contribution in [0.4, 0.5) is 0 Å². The number of nitrogens with one attached hydrogen (secondary N) is 1. The summed E-state index contributed by atoms with van der Waals surface area (Å²) >= 11 is 0. The Morgan fingerprint density at radius 1 is 1.26 bits per heavy atom. The number of quaternary nitrogens is 1. The molecule has 0 radical (unpaired) electrons. The third-order valence-corrected chi connectivity index (χ3v) is 4.64. The number of likely N-dealkylation sites (tertiary alicyclic amines) is 1. The molecule has 5 heteroatoms. The van der Waals surface area contributed by atoms with Crippen molar-refractivity contribution >= 4 is 5.97 Å². The van der Waals surface area contributed by atoms with E-state index >= 15 is 0 Å². The number of ether oxygens (including phenoxy) is 3. The van der Waals surface area contributed by atoms with E-state index < -0.39 is 0 Å². The Morgan fingerprint density at radius 3 is 2.70 bits per heavy atom. The molecule has 1 aromatic carbocycles. The first kappa shape index (κ1) is 16.1. The molecule has 0 saturated carbocycles. The molecule has 0 aliphatic carbocycles. The number of piperidine rings is 1. The third kappa shape index (κ3) is 4.16. The van der Waals surface area contributed by atoms with E-state index in [-0.39, 0.29) is 12.1 Å². The summed E-state index contributed by atoms with van der Waals surface area (Å²) in [4.78, 5) is 13.8. The standard InChI is InChI=1S/C18H25NO4/c1-13-5-7-19(8-6-13)12-14(2)23-18(20)15-3-4-16-17(11-15)22-10-9-21-16/h3-4,11,13-14H,5-10,12H2,1-2H3/p+1/t14-/m1/s1. The fourth-order valence-electron chi connectivity index (χ4n) is 3.24. The highest BCUT2D eigenvalue weighted by atomic mass is 16.6. The van der Waals surface area contributed by atoms with Crippen LogP contribution in [0.1, 0.15) is 37.0 Å². The van der Waals surface area contributed by atoms with Crippen molar-refractivity contribution < 1.29 is 23.9 Å². The molecule has 23 heavy (non-hydrogen) atoms. The average Bonchev–Trinajstić information content (AvgIpc) is 2.56. The van der Waals surface area contributed by atoms with E-state index in [1.54, 1.807) is 18.2 Å². The predicted octanol–water partition coefficient (Wildman–Crippen LogP) is 1.32. The molecule has 2 aliphatic rings. The van der Waals surface area contributed by atoms with Crippen LogP contribution in [0.5, 0.6) is 11.5 Å². The number of rotatable bonds is 4. The van der Waals surface area contributed by atoms with Crippen molar-refractivity contribution in [2.24, 2.45) is 5.92 Å². The first-order valence-electron chi connectivity index (χ1n) is 8.56. The number of carbonyl (C=O) groups is 1. The van der Waals surface area contributed by atoms with Crippen LogP contribution in [0.2, 0.25) is 0 Å². The highest BCUT2D eigenvalue weighted by molar-refractivity contribution is 5.90. The van der Waals surface area contributed by atoms with Crippen molar-refractivity contribution in [3.8, 4) is 11.5 Å². The van der Waals surface area contributed by atoms with Crippen LogP contribution in [0.25, 0.3) is 0 Å². The average molecular weight is 320 g/mol. The van der Waals surface area contributed by atoms with Crippen LogP contribution in [0.3, 0.4) is 0 Å². The van der Waals surface area contributed by atoms with Gasteiger partial charge in [0, 0.05) is 0 Å². The fourth-order valence-corrected chi connectivity index (χ4v) is 3.24. The molecule has 2 heterocycles. The van der Waals surface area contributed by atoms with Gasteiger partial charge in [0.15, 0.2) is 11.5 Å². The van der Waals surface area contributed by atoms with Gasteiger partial charge in [-0.25, -0.2) is 4.79 Å². The van der Waals surface area contributed by atoms with Crippen molar-refractivity contribution in [1.29, 1.82) is 0 Å². The topological polar surface area (TPSA) is 49.2 Å². The molecule has 1 atom stereocenters. The number of hydrogen-bond acceptors (Lipinski definition) is 4. The van der Waals surface area contributed by atoms with E-state index in [0.29, 0.717) is 30.3 Å². The Hall–Kier alpha value is -1.75. The quantitative estimate of drug-likeness (QED) is 0.850. The lowest BCUT2D eigenvalue weighted by Gasteiger charge is -2.29. The van der Waals surface area contributed by atoms with Gasteiger partial charge in [-0.1, -0.05) is 6.92 Å². The van der Waals surface area contributed by atoms with E-state index in [4.69, 9.17) is 14.2 Å². The van der Waals surface area contributed by atoms with E-state index in [1.165, 1.54) is 30.8 Å². The van der Waals surface area contributed by atoms with Gasteiger partial charge in [-0.3, -0.25) is 0 Å². The first-order chi connectivity index (χ1) is 11.1. The van der Waals surface area contributed by atoms with E-state index in [0.717, 1.165) is 12.5 Å². The van der Waals surface area contributed by atoms with Crippen LogP contribution < -0.4 is 14.4 Å². The van der Waals surface area contributed by atoms with Gasteiger partial charge in [0.25, 0.3) is 0 Å². The highest BCUT2D eigenvalue weighted by Crippen LogP contribution is 2.30. The zero-order valence-electron chi connectivity index (χ0n) is 14.0. The summed E-state index contributed by atoms with van der Waals surface area (Å²) in [6.07, 6.45) is 2.44. The maximum atomic E-state index is 12.3. The van der Waals surface area contributed by atoms with E-state index in [2.05, 4.69) is 6.92 Å². The normalized spacial score (nSPS) is 24.8. The van der Waals surface area contributed by atoms with Crippen LogP contribution >= 0.6 is 0 Å². The Balaban J connectivity index is 1.54. The number of hydrogen-bond donors (Lipinski definition) is 1. The molecule has 2 aliphatic heterocycles. The minimum absolute atomic E-state index is 0.0842. The van der Waals surface area contributed by atoms with Crippen molar-refractivity contribution in [3.63, 3.8) is 0 Å². The summed E-state index contributed by atoms with van der Waals surface area (Å²) < 4.78 is 16.6. The predicted molar refractivity (Wildman–Crippen MR) is 86.3 cm³/mol. The Bertz CT molecular complexity index is 552. The molecule has 0 aromatic heterocycles. The van der Waals surface area contributed by atoms with Gasteiger partial charge in [-0.15, -0.1) is 0 Å². The van der Waals surface area contributed by atoms with Gasteiger partial charge >= 0.3 is 5.97 Å². The van der Waals surface area contributed by atoms with E-state index in [1.807, 2.05) is 6.92 Å². The lowest BCUT2D eigenvalue weighted by Crippen LogP contribution is -3.14. The molecular formula is C18H26NO4+. The molecule has 3 rings (SSSR count). The molecule has 0 amide bonds. The molecule has 1 saturated heterocycles. The first-order valence-corrected chi connectivity index (χ1v) is 8.56. The molecule has 0 unspecified atom stereocenters. The SMILES string of the molecule is CC1CC[NH+](C[C@@H](C)OC(=O)c2ccc3c(c2)OCCO3)CC1. The summed E-state index contributed by atoms with van der Waals surface area (Å²) in [7, 11) is 0. The molecule has 0 bridgehead atoms. The number of benzene rings is 1. The van der Waals surface area contributed by atoms with Crippen molar-refractivity contribution in [2.75, 3.05) is 32.8 Å². The lowest BCUT2D eigenvalue weighted by atomic mass is 9.99. The van der Waals surface area contributed by atoms with Gasteiger partial charge < -0.3 is 19.1 Å². The third-order valence-electron chi connectivity index (χ3n) is 4.64. The smallest absolute Gasteiger partial charge is 0.338 e. The van der Waals surface area contributed by atoms with Gasteiger partial charge in [0.05, 0.1) is 18.7 Å². The summed E-state index contributed by atoms with van der Waals surface area (Å²) in [6, 6.07) is 5.21. The molecule has 126 valence electrons. The summed E-state index contributed by atoms with van der Waals surface area (Å²) in [5.41, 5.74) is 0.517. The number of carbonyl (C=O) groups excluding carboxylic acids is 1. The number of esters is 1. The zero-order chi connectivity index (χ0) is 16.2. The molecule has 1 fully saturated rings. The molecule has 1 aromatic rings. The summed E-state index contributed by atoms with van der Waals surface area (Å²) in [5, 5.41) is 0. The molecular weight excluding hydrogens is 294 g/mol. The van der Waals surface area contributed by atoms with Crippen molar-refractivity contribution in [1.82, 2.24) is 0 Å². The summed E-state index contributed by atoms with van der Waals surface area (Å²) in [5.74, 6) is 1.84. The van der Waals surface area contributed by atoms with Crippen molar-refractivity contribution in [2.45, 2.75) is 32.8 Å². The van der Waals surface area contributed by atoms with Gasteiger partial charge in [0.2, 0.25) is 0 Å². The van der Waals surface area contributed by atoms with Gasteiger partial charge in [-0.2, -0.15) is 0 Å². The Labute approximate surface area is 137 Å². The van der Waals surface area contributed by atoms with Crippen LogP contribution in [0.15, 0.2) is 18.2 Å². The van der Waals surface area contributed by atoms with Gasteiger partial charge in [0.1, 0.15) is 25.9 Å². The molecule has 1 N–H and O–H groups in total. The second kappa shape index (κ2) is 7.21. The second-order valence-corrected chi connectivity index (χ2v) is 6.71. The summed E-state index contributed by atoms with van der Waals surface area (Å²) in [6.45, 7) is 8.57. The Kier molecular flexibility index (Phi) is 5.06. The fraction of sp³-hybridized carbons (Fsp3) is 0.611. The number of fused-ring (bicyclic) bond motifs is 1. The zero-order valence-corrected chi connectivity index (χ0v) is 14.0. The molecule has 5 nitrogen and oxygen atoms in total. The minimum atomic E-state index is -0.292. The molecule has 0 spiro atoms. The minimum Gasteiger partial charge on any atom is -0.486 e. The van der Waals surface area contributed by atoms with Gasteiger partial charge in [-0.05, 0) is 43.9 Å². The maximum absolute atomic E-state index is 12.3. The van der Waals surface area contributed by atoms with Crippen LogP contribution in [-0.4, -0.2) is 44.9 Å². The lowest BCUT2D eigenvalue weighted by molar-refractivity contribution is -0.908. The Morgan fingerprint density at radius 2 is 1.96 bits per heavy atom. The largest absolute Gasteiger partial charge is 0.486 e. The van der Waals surface area contributed by atoms with Crippen LogP contribution in [0, 0.1) is 5.92 Å². The second-order valence-electron chi connectivity index (χ2n) is 6.71.